The van der Waals surface area contributed by atoms with Gasteiger partial charge in [0.2, 0.25) is 0 Å². The molecule has 1 atom stereocenters. The summed E-state index contributed by atoms with van der Waals surface area (Å²) in [6.45, 7) is 2.69. The van der Waals surface area contributed by atoms with E-state index in [-0.39, 0.29) is 11.9 Å². The van der Waals surface area contributed by atoms with Crippen molar-refractivity contribution in [3.05, 3.63) is 33.8 Å². The Bertz CT molecular complexity index is 511. The van der Waals surface area contributed by atoms with E-state index in [0.717, 1.165) is 26.1 Å². The first-order chi connectivity index (χ1) is 9.66. The molecule has 1 aromatic rings. The summed E-state index contributed by atoms with van der Waals surface area (Å²) in [5, 5.41) is 4.13. The summed E-state index contributed by atoms with van der Waals surface area (Å²) in [6, 6.07) is 5.53. The van der Waals surface area contributed by atoms with Crippen molar-refractivity contribution < 1.29 is 4.79 Å². The van der Waals surface area contributed by atoms with Crippen LogP contribution in [0.4, 0.5) is 0 Å². The molecule has 1 saturated heterocycles. The first-order valence-corrected chi connectivity index (χ1v) is 7.88. The number of amides is 1. The van der Waals surface area contributed by atoms with E-state index in [0.29, 0.717) is 21.5 Å². The predicted molar refractivity (Wildman–Crippen MR) is 81.5 cm³/mol. The highest BCUT2D eigenvalue weighted by Gasteiger charge is 2.33. The second kappa shape index (κ2) is 5.92. The zero-order valence-electron chi connectivity index (χ0n) is 11.2. The van der Waals surface area contributed by atoms with Crippen LogP contribution < -0.4 is 5.32 Å². The molecule has 2 fully saturated rings. The fourth-order valence-electron chi connectivity index (χ4n) is 2.71. The second-order valence-electron chi connectivity index (χ2n) is 5.65. The van der Waals surface area contributed by atoms with Crippen molar-refractivity contribution in [3.63, 3.8) is 0 Å². The van der Waals surface area contributed by atoms with E-state index in [4.69, 9.17) is 23.2 Å². The lowest BCUT2D eigenvalue weighted by atomic mass is 10.1. The van der Waals surface area contributed by atoms with Crippen LogP contribution in [0.15, 0.2) is 18.2 Å². The van der Waals surface area contributed by atoms with Gasteiger partial charge in [0.25, 0.3) is 5.91 Å². The highest BCUT2D eigenvalue weighted by Crippen LogP contribution is 2.33. The van der Waals surface area contributed by atoms with Crippen molar-refractivity contribution in [1.29, 1.82) is 0 Å². The van der Waals surface area contributed by atoms with Gasteiger partial charge in [0, 0.05) is 19.1 Å². The lowest BCUT2D eigenvalue weighted by molar-refractivity contribution is 0.0682. The van der Waals surface area contributed by atoms with Gasteiger partial charge in [-0.2, -0.15) is 0 Å². The van der Waals surface area contributed by atoms with Gasteiger partial charge in [-0.25, -0.2) is 0 Å². The van der Waals surface area contributed by atoms with Crippen LogP contribution in [0.1, 0.15) is 29.6 Å². The quantitative estimate of drug-likeness (QED) is 0.926. The van der Waals surface area contributed by atoms with Gasteiger partial charge < -0.3 is 10.2 Å². The number of nitrogens with zero attached hydrogens (tertiary/aromatic N) is 1. The molecule has 1 amide bonds. The Morgan fingerprint density at radius 3 is 2.75 bits per heavy atom. The molecule has 108 valence electrons. The molecule has 5 heteroatoms. The molecule has 1 aromatic carbocycles. The first kappa shape index (κ1) is 14.2. The van der Waals surface area contributed by atoms with Crippen LogP contribution in [0.5, 0.6) is 0 Å². The van der Waals surface area contributed by atoms with Crippen LogP contribution in [0.25, 0.3) is 0 Å². The third kappa shape index (κ3) is 2.95. The summed E-state index contributed by atoms with van der Waals surface area (Å²) < 4.78 is 0. The topological polar surface area (TPSA) is 32.3 Å². The molecule has 1 aliphatic heterocycles. The summed E-state index contributed by atoms with van der Waals surface area (Å²) in [6.07, 6.45) is 3.47. The lowest BCUT2D eigenvalue weighted by Crippen LogP contribution is -2.43. The number of hydrogen-bond donors (Lipinski definition) is 1. The smallest absolute Gasteiger partial charge is 0.255 e. The maximum absolute atomic E-state index is 12.8. The van der Waals surface area contributed by atoms with E-state index in [2.05, 4.69) is 5.32 Å². The Labute approximate surface area is 129 Å². The number of halogens is 2. The Morgan fingerprint density at radius 1 is 1.30 bits per heavy atom. The molecule has 1 N–H and O–H groups in total. The zero-order valence-corrected chi connectivity index (χ0v) is 12.8. The zero-order chi connectivity index (χ0) is 14.1. The van der Waals surface area contributed by atoms with Crippen molar-refractivity contribution in [2.45, 2.75) is 25.3 Å². The minimum absolute atomic E-state index is 0.0121. The van der Waals surface area contributed by atoms with Gasteiger partial charge in [-0.05, 0) is 43.9 Å². The molecule has 0 radical (unpaired) electrons. The van der Waals surface area contributed by atoms with E-state index >= 15 is 0 Å². The van der Waals surface area contributed by atoms with Crippen LogP contribution >= 0.6 is 23.2 Å². The number of nitrogens with one attached hydrogen (secondary N) is 1. The highest BCUT2D eigenvalue weighted by atomic mass is 35.5. The molecule has 0 spiro atoms. The average molecular weight is 313 g/mol. The third-order valence-corrected chi connectivity index (χ3v) is 4.89. The average Bonchev–Trinajstić information content (AvgIpc) is 3.10. The van der Waals surface area contributed by atoms with Gasteiger partial charge >= 0.3 is 0 Å². The Morgan fingerprint density at radius 2 is 2.10 bits per heavy atom. The third-order valence-electron chi connectivity index (χ3n) is 4.07. The minimum Gasteiger partial charge on any atom is -0.334 e. The fraction of sp³-hybridized carbons (Fsp3) is 0.533. The van der Waals surface area contributed by atoms with Crippen LogP contribution in [-0.4, -0.2) is 36.5 Å². The summed E-state index contributed by atoms with van der Waals surface area (Å²) in [4.78, 5) is 14.8. The van der Waals surface area contributed by atoms with Crippen molar-refractivity contribution >= 4 is 29.1 Å². The molecule has 0 unspecified atom stereocenters. The molecule has 20 heavy (non-hydrogen) atoms. The maximum atomic E-state index is 12.8. The summed E-state index contributed by atoms with van der Waals surface area (Å²) in [7, 11) is 0. The molecule has 1 heterocycles. The highest BCUT2D eigenvalue weighted by molar-refractivity contribution is 6.43. The predicted octanol–water partition coefficient (Wildman–Crippen LogP) is 3.21. The van der Waals surface area contributed by atoms with Crippen molar-refractivity contribution in [1.82, 2.24) is 10.2 Å². The van der Waals surface area contributed by atoms with Crippen LogP contribution in [0, 0.1) is 5.92 Å². The van der Waals surface area contributed by atoms with Gasteiger partial charge in [-0.1, -0.05) is 29.3 Å². The van der Waals surface area contributed by atoms with Gasteiger partial charge in [0.05, 0.1) is 15.6 Å². The standard InChI is InChI=1S/C15H18Cl2N2O/c16-13-3-1-2-12(14(13)17)15(20)19(9-10-4-5-10)11-6-7-18-8-11/h1-3,10-11,18H,4-9H2/t11-/m0/s1. The fourth-order valence-corrected chi connectivity index (χ4v) is 3.09. The molecule has 1 saturated carbocycles. The minimum atomic E-state index is 0.0121. The van der Waals surface area contributed by atoms with E-state index < -0.39 is 0 Å². The first-order valence-electron chi connectivity index (χ1n) is 7.12. The number of carbonyl (C=O) groups excluding carboxylic acids is 1. The summed E-state index contributed by atoms with van der Waals surface area (Å²) >= 11 is 12.2. The summed E-state index contributed by atoms with van der Waals surface area (Å²) in [5.41, 5.74) is 0.520. The number of rotatable bonds is 4. The molecule has 0 aromatic heterocycles. The number of benzene rings is 1. The molecule has 3 rings (SSSR count). The number of hydrogen-bond acceptors (Lipinski definition) is 2. The molecule has 0 bridgehead atoms. The van der Waals surface area contributed by atoms with Gasteiger partial charge in [0.15, 0.2) is 0 Å². The molecule has 3 nitrogen and oxygen atoms in total. The van der Waals surface area contributed by atoms with Gasteiger partial charge in [-0.15, -0.1) is 0 Å². The van der Waals surface area contributed by atoms with E-state index in [1.165, 1.54) is 12.8 Å². The maximum Gasteiger partial charge on any atom is 0.255 e. The summed E-state index contributed by atoms with van der Waals surface area (Å²) in [5.74, 6) is 0.676. The Hall–Kier alpha value is -0.770. The molecular formula is C15H18Cl2N2O. The van der Waals surface area contributed by atoms with Crippen LogP contribution in [0.2, 0.25) is 10.0 Å². The molecule has 2 aliphatic rings. The monoisotopic (exact) mass is 312 g/mol. The number of carbonyl (C=O) groups is 1. The second-order valence-corrected chi connectivity index (χ2v) is 6.43. The molecular weight excluding hydrogens is 295 g/mol. The van der Waals surface area contributed by atoms with Gasteiger partial charge in [-0.3, -0.25) is 4.79 Å². The van der Waals surface area contributed by atoms with E-state index in [9.17, 15) is 4.79 Å². The Kier molecular flexibility index (Phi) is 4.20. The van der Waals surface area contributed by atoms with Crippen molar-refractivity contribution in [2.75, 3.05) is 19.6 Å². The largest absolute Gasteiger partial charge is 0.334 e. The van der Waals surface area contributed by atoms with Crippen molar-refractivity contribution in [2.24, 2.45) is 5.92 Å². The van der Waals surface area contributed by atoms with Gasteiger partial charge in [0.1, 0.15) is 0 Å². The van der Waals surface area contributed by atoms with Crippen LogP contribution in [-0.2, 0) is 0 Å². The Balaban J connectivity index is 1.85. The lowest BCUT2D eigenvalue weighted by Gasteiger charge is -2.29. The molecule has 1 aliphatic carbocycles. The normalized spacial score (nSPS) is 22.0. The van der Waals surface area contributed by atoms with E-state index in [1.54, 1.807) is 18.2 Å². The SMILES string of the molecule is O=C(c1cccc(Cl)c1Cl)N(CC1CC1)[C@H]1CCNC1. The van der Waals surface area contributed by atoms with Crippen LogP contribution in [0.3, 0.4) is 0 Å². The van der Waals surface area contributed by atoms with E-state index in [1.807, 2.05) is 4.90 Å². The van der Waals surface area contributed by atoms with Crippen molar-refractivity contribution in [3.8, 4) is 0 Å².